The van der Waals surface area contributed by atoms with Crippen LogP contribution in [0.5, 0.6) is 0 Å². The van der Waals surface area contributed by atoms with Gasteiger partial charge in [0.2, 0.25) is 0 Å². The van der Waals surface area contributed by atoms with Gasteiger partial charge in [-0.05, 0) is 34.7 Å². The van der Waals surface area contributed by atoms with E-state index < -0.39 is 15.6 Å². The fraction of sp³-hybridized carbons (Fsp3) is 0.143. The van der Waals surface area contributed by atoms with Gasteiger partial charge in [0, 0.05) is 10.8 Å². The first-order valence-corrected chi connectivity index (χ1v) is 9.03. The Hall–Kier alpha value is -1.64. The Kier molecular flexibility index (Phi) is 4.46. The molecule has 0 radical (unpaired) electrons. The monoisotopic (exact) mass is 348 g/mol. The molecule has 0 unspecified atom stereocenters. The Balaban J connectivity index is 0.000000192. The van der Waals surface area contributed by atoms with Gasteiger partial charge in [-0.25, -0.2) is 8.42 Å². The molecular formula is C14H11F3O3S2. The van der Waals surface area contributed by atoms with Gasteiger partial charge in [-0.3, -0.25) is 0 Å². The normalized spacial score (nSPS) is 12.2. The van der Waals surface area contributed by atoms with Crippen LogP contribution in [-0.2, 0) is 16.4 Å². The predicted molar refractivity (Wildman–Crippen MR) is 80.7 cm³/mol. The lowest BCUT2D eigenvalue weighted by Crippen LogP contribution is -2.21. The first-order valence-electron chi connectivity index (χ1n) is 5.99. The lowest BCUT2D eigenvalue weighted by atomic mass is 10.2. The number of benzene rings is 2. The van der Waals surface area contributed by atoms with Crippen molar-refractivity contribution in [2.24, 2.45) is 6.26 Å². The van der Waals surface area contributed by atoms with Crippen LogP contribution in [0.2, 0.25) is 0 Å². The van der Waals surface area contributed by atoms with Gasteiger partial charge in [0.1, 0.15) is 6.26 Å². The Morgan fingerprint density at radius 3 is 1.55 bits per heavy atom. The summed E-state index contributed by atoms with van der Waals surface area (Å²) in [6.45, 7) is 0. The fourth-order valence-electron chi connectivity index (χ4n) is 2.03. The highest BCUT2D eigenvalue weighted by Gasteiger charge is 2.36. The molecule has 0 saturated heterocycles. The smallest absolute Gasteiger partial charge is 0.485 e. The average Bonchev–Trinajstić information content (AvgIpc) is 2.72. The van der Waals surface area contributed by atoms with E-state index in [0.29, 0.717) is 0 Å². The summed E-state index contributed by atoms with van der Waals surface area (Å²) in [5.74, 6) is 0. The van der Waals surface area contributed by atoms with Crippen LogP contribution in [0.1, 0.15) is 0 Å². The van der Waals surface area contributed by atoms with Crippen LogP contribution in [0.4, 0.5) is 13.2 Å². The van der Waals surface area contributed by atoms with Crippen molar-refractivity contribution in [3.63, 3.8) is 0 Å². The van der Waals surface area contributed by atoms with Crippen molar-refractivity contribution < 1.29 is 26.1 Å². The van der Waals surface area contributed by atoms with E-state index in [1.54, 1.807) is 0 Å². The zero-order valence-electron chi connectivity index (χ0n) is 11.3. The summed E-state index contributed by atoms with van der Waals surface area (Å²) in [6.07, 6.45) is 2.31. The van der Waals surface area contributed by atoms with Gasteiger partial charge in [-0.1, -0.05) is 24.3 Å². The third-order valence-corrected chi connectivity index (χ3v) is 5.61. The molecule has 3 rings (SSSR count). The highest BCUT2D eigenvalue weighted by molar-refractivity contribution is 7.86. The van der Waals surface area contributed by atoms with Gasteiger partial charge in [-0.15, -0.1) is 0 Å². The van der Waals surface area contributed by atoms with E-state index in [1.807, 2.05) is 0 Å². The molecule has 3 nitrogen and oxygen atoms in total. The van der Waals surface area contributed by atoms with E-state index in [4.69, 9.17) is 13.0 Å². The summed E-state index contributed by atoms with van der Waals surface area (Å²) in [4.78, 5) is 0. The summed E-state index contributed by atoms with van der Waals surface area (Å²) >= 11 is 0. The Bertz CT molecular complexity index is 859. The largest absolute Gasteiger partial charge is 0.741 e. The van der Waals surface area contributed by atoms with Crippen LogP contribution in [0.25, 0.3) is 20.2 Å². The minimum atomic E-state index is -6.09. The van der Waals surface area contributed by atoms with Crippen molar-refractivity contribution in [1.82, 2.24) is 0 Å². The Morgan fingerprint density at radius 1 is 0.909 bits per heavy atom. The zero-order chi connectivity index (χ0) is 16.5. The van der Waals surface area contributed by atoms with Crippen LogP contribution in [0.15, 0.2) is 48.5 Å². The van der Waals surface area contributed by atoms with Gasteiger partial charge < -0.3 is 4.55 Å². The van der Waals surface area contributed by atoms with E-state index in [2.05, 4.69) is 54.8 Å². The predicted octanol–water partition coefficient (Wildman–Crippen LogP) is 4.33. The number of hydrogen-bond acceptors (Lipinski definition) is 3. The molecule has 1 aromatic heterocycles. The molecule has 118 valence electrons. The Morgan fingerprint density at radius 2 is 1.23 bits per heavy atom. The molecule has 2 aromatic carbocycles. The standard InChI is InChI=1S/C13H11S.CHF3O3S/c1-14-12-8-4-2-6-10(12)11-7-3-5-9-13(11)14;2-1(3,4)8(5,6)7/h2-9H,1H3;(H,5,6,7)/q+1;/p-1. The number of aryl methyl sites for hydroxylation is 1. The molecule has 0 atom stereocenters. The second kappa shape index (κ2) is 5.86. The number of fused-ring (bicyclic) bond motifs is 3. The first-order chi connectivity index (χ1) is 10.1. The van der Waals surface area contributed by atoms with Crippen molar-refractivity contribution >= 4 is 40.8 Å². The van der Waals surface area contributed by atoms with Gasteiger partial charge in [0.15, 0.2) is 19.5 Å². The van der Waals surface area contributed by atoms with Gasteiger partial charge in [-0.2, -0.15) is 13.2 Å². The number of alkyl halides is 3. The number of rotatable bonds is 0. The maximum atomic E-state index is 10.7. The van der Waals surface area contributed by atoms with Crippen molar-refractivity contribution in [2.45, 2.75) is 5.51 Å². The average molecular weight is 348 g/mol. The van der Waals surface area contributed by atoms with E-state index in [-0.39, 0.29) is 10.5 Å². The molecular weight excluding hydrogens is 337 g/mol. The van der Waals surface area contributed by atoms with Gasteiger partial charge >= 0.3 is 5.51 Å². The van der Waals surface area contributed by atoms with Crippen LogP contribution in [0, 0.1) is 0 Å². The van der Waals surface area contributed by atoms with E-state index in [1.165, 1.54) is 20.2 Å². The molecule has 1 heterocycles. The molecule has 0 saturated carbocycles. The lowest BCUT2D eigenvalue weighted by Gasteiger charge is -2.08. The number of halogens is 3. The molecule has 8 heteroatoms. The second-order valence-electron chi connectivity index (χ2n) is 4.40. The Labute approximate surface area is 127 Å². The summed E-state index contributed by atoms with van der Waals surface area (Å²) in [7, 11) is -5.81. The van der Waals surface area contributed by atoms with Crippen LogP contribution in [-0.4, -0.2) is 18.5 Å². The SMILES string of the molecule is C[s+]1c2ccccc2c2ccccc21.O=S(=O)([O-])C(F)(F)F. The maximum Gasteiger partial charge on any atom is 0.485 e. The molecule has 0 aliphatic heterocycles. The van der Waals surface area contributed by atoms with Gasteiger partial charge in [0.05, 0.1) is 0 Å². The minimum absolute atomic E-state index is 0.277. The van der Waals surface area contributed by atoms with E-state index >= 15 is 0 Å². The minimum Gasteiger partial charge on any atom is -0.741 e. The van der Waals surface area contributed by atoms with Crippen LogP contribution < -0.4 is 0 Å². The lowest BCUT2D eigenvalue weighted by molar-refractivity contribution is -0.0517. The number of thiophene rings is 1. The topological polar surface area (TPSA) is 57.2 Å². The van der Waals surface area contributed by atoms with E-state index in [9.17, 15) is 13.2 Å². The van der Waals surface area contributed by atoms with Crippen LogP contribution >= 0.6 is 10.5 Å². The van der Waals surface area contributed by atoms with E-state index in [0.717, 1.165) is 0 Å². The molecule has 0 aliphatic carbocycles. The third-order valence-electron chi connectivity index (χ3n) is 3.01. The molecule has 22 heavy (non-hydrogen) atoms. The van der Waals surface area contributed by atoms with Crippen molar-refractivity contribution in [3.05, 3.63) is 48.5 Å². The molecule has 0 fully saturated rings. The maximum absolute atomic E-state index is 10.7. The quantitative estimate of drug-likeness (QED) is 0.345. The summed E-state index contributed by atoms with van der Waals surface area (Å²) < 4.78 is 61.9. The molecule has 0 spiro atoms. The van der Waals surface area contributed by atoms with Crippen molar-refractivity contribution in [2.75, 3.05) is 0 Å². The molecule has 0 aliphatic rings. The first kappa shape index (κ1) is 16.7. The van der Waals surface area contributed by atoms with Crippen LogP contribution in [0.3, 0.4) is 0 Å². The second-order valence-corrected chi connectivity index (χ2v) is 7.67. The van der Waals surface area contributed by atoms with Gasteiger partial charge in [0.25, 0.3) is 0 Å². The third kappa shape index (κ3) is 3.23. The zero-order valence-corrected chi connectivity index (χ0v) is 12.9. The highest BCUT2D eigenvalue weighted by Crippen LogP contribution is 2.40. The van der Waals surface area contributed by atoms with Crippen molar-refractivity contribution in [1.29, 1.82) is 0 Å². The van der Waals surface area contributed by atoms with Crippen molar-refractivity contribution in [3.8, 4) is 0 Å². The number of hydrogen-bond donors (Lipinski definition) is 0. The fourth-order valence-corrected chi connectivity index (χ4v) is 3.85. The molecule has 3 aromatic rings. The summed E-state index contributed by atoms with van der Waals surface area (Å²) in [6, 6.07) is 17.5. The summed E-state index contributed by atoms with van der Waals surface area (Å²) in [5, 5.41) is 2.85. The highest BCUT2D eigenvalue weighted by atomic mass is 32.2. The summed E-state index contributed by atoms with van der Waals surface area (Å²) in [5.41, 5.74) is -5.65. The molecule has 0 bridgehead atoms. The molecule has 0 N–H and O–H groups in total. The molecule has 0 amide bonds.